The number of ether oxygens (including phenoxy) is 4. The fourth-order valence-corrected chi connectivity index (χ4v) is 5.21. The molecule has 1 N–H and O–H groups in total. The second-order valence-corrected chi connectivity index (χ2v) is 8.74. The van der Waals surface area contributed by atoms with Gasteiger partial charge in [0.2, 0.25) is 15.9 Å². The van der Waals surface area contributed by atoms with Crippen LogP contribution in [0.5, 0.6) is 23.0 Å². The summed E-state index contributed by atoms with van der Waals surface area (Å²) >= 11 is 0. The molecule has 0 spiro atoms. The third-order valence-electron chi connectivity index (χ3n) is 5.12. The molecule has 1 saturated heterocycles. The average molecular weight is 451 g/mol. The van der Waals surface area contributed by atoms with Crippen LogP contribution in [0.4, 0.5) is 5.69 Å². The first-order valence-corrected chi connectivity index (χ1v) is 11.1. The zero-order valence-corrected chi connectivity index (χ0v) is 18.7. The standard InChI is InChI=1S/C21H26N2O7S/c1-27-17-9-7-14(12-19(17)29-3)22-21(24)16-6-5-11-23(16)31(25,26)15-8-10-18(28-2)20(13-15)30-4/h7-10,12-13,16H,5-6,11H2,1-4H3,(H,22,24). The molecule has 0 aliphatic carbocycles. The topological polar surface area (TPSA) is 103 Å². The predicted molar refractivity (Wildman–Crippen MR) is 115 cm³/mol. The van der Waals surface area contributed by atoms with E-state index in [0.29, 0.717) is 41.5 Å². The highest BCUT2D eigenvalue weighted by molar-refractivity contribution is 7.89. The number of carbonyl (C=O) groups is 1. The Morgan fingerprint density at radius 1 is 0.903 bits per heavy atom. The summed E-state index contributed by atoms with van der Waals surface area (Å²) in [6, 6.07) is 8.50. The summed E-state index contributed by atoms with van der Waals surface area (Å²) < 4.78 is 48.6. The number of anilines is 1. The summed E-state index contributed by atoms with van der Waals surface area (Å²) in [5, 5.41) is 2.78. The van der Waals surface area contributed by atoms with Gasteiger partial charge in [0, 0.05) is 24.4 Å². The molecule has 0 aromatic heterocycles. The normalized spacial score (nSPS) is 16.6. The van der Waals surface area contributed by atoms with E-state index in [1.54, 1.807) is 18.2 Å². The summed E-state index contributed by atoms with van der Waals surface area (Å²) in [5.74, 6) is 1.30. The maximum absolute atomic E-state index is 13.3. The molecule has 1 heterocycles. The lowest BCUT2D eigenvalue weighted by atomic mass is 10.2. The van der Waals surface area contributed by atoms with Crippen molar-refractivity contribution in [3.05, 3.63) is 36.4 Å². The summed E-state index contributed by atoms with van der Waals surface area (Å²) in [4.78, 5) is 13.0. The second kappa shape index (κ2) is 9.44. The smallest absolute Gasteiger partial charge is 0.243 e. The van der Waals surface area contributed by atoms with Gasteiger partial charge < -0.3 is 24.3 Å². The van der Waals surface area contributed by atoms with Crippen molar-refractivity contribution in [1.82, 2.24) is 4.31 Å². The maximum atomic E-state index is 13.3. The minimum Gasteiger partial charge on any atom is -0.493 e. The molecule has 1 atom stereocenters. The molecule has 0 saturated carbocycles. The van der Waals surface area contributed by atoms with Crippen molar-refractivity contribution in [1.29, 1.82) is 0 Å². The van der Waals surface area contributed by atoms with Crippen molar-refractivity contribution < 1.29 is 32.2 Å². The van der Waals surface area contributed by atoms with Crippen molar-refractivity contribution in [2.24, 2.45) is 0 Å². The Balaban J connectivity index is 1.84. The Hall–Kier alpha value is -2.98. The predicted octanol–water partition coefficient (Wildman–Crippen LogP) is 2.51. The van der Waals surface area contributed by atoms with Gasteiger partial charge in [-0.1, -0.05) is 0 Å². The van der Waals surface area contributed by atoms with Gasteiger partial charge in [0.1, 0.15) is 6.04 Å². The third kappa shape index (κ3) is 4.54. The van der Waals surface area contributed by atoms with Gasteiger partial charge in [-0.3, -0.25) is 4.79 Å². The summed E-state index contributed by atoms with van der Waals surface area (Å²) in [5.41, 5.74) is 0.484. The first-order valence-electron chi connectivity index (χ1n) is 9.62. The summed E-state index contributed by atoms with van der Waals surface area (Å²) in [6.45, 7) is 0.251. The minimum atomic E-state index is -3.91. The van der Waals surface area contributed by atoms with E-state index in [9.17, 15) is 13.2 Å². The van der Waals surface area contributed by atoms with Crippen molar-refractivity contribution in [3.63, 3.8) is 0 Å². The molecule has 31 heavy (non-hydrogen) atoms. The number of amides is 1. The number of rotatable bonds is 8. The Morgan fingerprint density at radius 3 is 2.10 bits per heavy atom. The van der Waals surface area contributed by atoms with Gasteiger partial charge in [-0.05, 0) is 37.1 Å². The SMILES string of the molecule is COc1ccc(NC(=O)C2CCCN2S(=O)(=O)c2ccc(OC)c(OC)c2)cc1OC. The van der Waals surface area contributed by atoms with Crippen LogP contribution >= 0.6 is 0 Å². The second-order valence-electron chi connectivity index (χ2n) is 6.85. The Kier molecular flexibility index (Phi) is 6.91. The number of nitrogens with one attached hydrogen (secondary N) is 1. The lowest BCUT2D eigenvalue weighted by Gasteiger charge is -2.24. The van der Waals surface area contributed by atoms with E-state index >= 15 is 0 Å². The first kappa shape index (κ1) is 22.7. The molecule has 1 aliphatic heterocycles. The van der Waals surface area contributed by atoms with E-state index in [1.807, 2.05) is 0 Å². The summed E-state index contributed by atoms with van der Waals surface area (Å²) in [6.07, 6.45) is 1.00. The van der Waals surface area contributed by atoms with Crippen molar-refractivity contribution >= 4 is 21.6 Å². The van der Waals surface area contributed by atoms with Gasteiger partial charge in [-0.25, -0.2) is 8.42 Å². The van der Waals surface area contributed by atoms with Crippen LogP contribution in [0.25, 0.3) is 0 Å². The summed E-state index contributed by atoms with van der Waals surface area (Å²) in [7, 11) is 2.01. The van der Waals surface area contributed by atoms with Crippen LogP contribution in [-0.2, 0) is 14.8 Å². The zero-order valence-electron chi connectivity index (χ0n) is 17.9. The molecule has 9 nitrogen and oxygen atoms in total. The quantitative estimate of drug-likeness (QED) is 0.659. The molecule has 3 rings (SSSR count). The van der Waals surface area contributed by atoms with Crippen LogP contribution in [0.3, 0.4) is 0 Å². The molecule has 0 radical (unpaired) electrons. The van der Waals surface area contributed by atoms with Gasteiger partial charge >= 0.3 is 0 Å². The first-order chi connectivity index (χ1) is 14.8. The largest absolute Gasteiger partial charge is 0.493 e. The number of hydrogen-bond donors (Lipinski definition) is 1. The third-order valence-corrected chi connectivity index (χ3v) is 7.02. The van der Waals surface area contributed by atoms with E-state index in [-0.39, 0.29) is 11.4 Å². The Bertz CT molecular complexity index is 1060. The van der Waals surface area contributed by atoms with E-state index in [4.69, 9.17) is 18.9 Å². The van der Waals surface area contributed by atoms with E-state index < -0.39 is 22.0 Å². The van der Waals surface area contributed by atoms with E-state index in [0.717, 1.165) is 0 Å². The van der Waals surface area contributed by atoms with Crippen molar-refractivity contribution in [3.8, 4) is 23.0 Å². The highest BCUT2D eigenvalue weighted by Gasteiger charge is 2.39. The molecule has 2 aromatic carbocycles. The van der Waals surface area contributed by atoms with Gasteiger partial charge in [-0.15, -0.1) is 0 Å². The molecule has 0 bridgehead atoms. The number of carbonyl (C=O) groups excluding carboxylic acids is 1. The minimum absolute atomic E-state index is 0.0379. The monoisotopic (exact) mass is 450 g/mol. The molecule has 1 fully saturated rings. The van der Waals surface area contributed by atoms with Crippen LogP contribution < -0.4 is 24.3 Å². The number of hydrogen-bond acceptors (Lipinski definition) is 7. The van der Waals surface area contributed by atoms with Gasteiger partial charge in [0.25, 0.3) is 0 Å². The lowest BCUT2D eigenvalue weighted by Crippen LogP contribution is -2.43. The number of sulfonamides is 1. The van der Waals surface area contributed by atoms with Crippen molar-refractivity contribution in [2.75, 3.05) is 40.3 Å². The van der Waals surface area contributed by atoms with Gasteiger partial charge in [-0.2, -0.15) is 4.31 Å². The zero-order chi connectivity index (χ0) is 22.6. The van der Waals surface area contributed by atoms with E-state index in [2.05, 4.69) is 5.32 Å². The van der Waals surface area contributed by atoms with Crippen LogP contribution in [0, 0.1) is 0 Å². The van der Waals surface area contributed by atoms with Crippen LogP contribution in [0.15, 0.2) is 41.3 Å². The maximum Gasteiger partial charge on any atom is 0.243 e. The lowest BCUT2D eigenvalue weighted by molar-refractivity contribution is -0.119. The number of nitrogens with zero attached hydrogens (tertiary/aromatic N) is 1. The average Bonchev–Trinajstić information content (AvgIpc) is 3.29. The number of methoxy groups -OCH3 is 4. The van der Waals surface area contributed by atoms with Crippen LogP contribution in [-0.4, -0.2) is 59.7 Å². The molecule has 2 aromatic rings. The molecule has 10 heteroatoms. The fourth-order valence-electron chi connectivity index (χ4n) is 3.54. The molecular formula is C21H26N2O7S. The highest BCUT2D eigenvalue weighted by Crippen LogP contribution is 2.34. The van der Waals surface area contributed by atoms with Crippen LogP contribution in [0.1, 0.15) is 12.8 Å². The van der Waals surface area contributed by atoms with E-state index in [1.165, 1.54) is 50.9 Å². The number of benzene rings is 2. The molecule has 1 amide bonds. The fraction of sp³-hybridized carbons (Fsp3) is 0.381. The Morgan fingerprint density at radius 2 is 1.48 bits per heavy atom. The highest BCUT2D eigenvalue weighted by atomic mass is 32.2. The van der Waals surface area contributed by atoms with Gasteiger partial charge in [0.15, 0.2) is 23.0 Å². The molecule has 1 aliphatic rings. The van der Waals surface area contributed by atoms with Crippen molar-refractivity contribution in [2.45, 2.75) is 23.8 Å². The molecule has 168 valence electrons. The molecular weight excluding hydrogens is 424 g/mol. The molecule has 1 unspecified atom stereocenters. The van der Waals surface area contributed by atoms with Crippen LogP contribution in [0.2, 0.25) is 0 Å². The Labute approximate surface area is 181 Å². The van der Waals surface area contributed by atoms with Gasteiger partial charge in [0.05, 0.1) is 33.3 Å².